The van der Waals surface area contributed by atoms with E-state index in [-0.39, 0.29) is 5.91 Å². The van der Waals surface area contributed by atoms with Gasteiger partial charge in [-0.15, -0.1) is 11.3 Å². The van der Waals surface area contributed by atoms with E-state index in [0.29, 0.717) is 10.7 Å². The van der Waals surface area contributed by atoms with Gasteiger partial charge in [0.25, 0.3) is 5.91 Å². The van der Waals surface area contributed by atoms with Crippen molar-refractivity contribution in [2.24, 2.45) is 0 Å². The Bertz CT molecular complexity index is 438. The number of nitrogens with zero attached hydrogens (tertiary/aromatic N) is 1. The van der Waals surface area contributed by atoms with Crippen LogP contribution in [0.4, 0.5) is 5.13 Å². The van der Waals surface area contributed by atoms with Crippen molar-refractivity contribution < 1.29 is 4.79 Å². The van der Waals surface area contributed by atoms with Crippen LogP contribution in [-0.2, 0) is 0 Å². The number of thiophene rings is 1. The number of thiazole rings is 1. The van der Waals surface area contributed by atoms with Gasteiger partial charge in [-0.25, -0.2) is 4.98 Å². The molecule has 1 amide bonds. The highest BCUT2D eigenvalue weighted by Gasteiger charge is 2.11. The first-order valence-corrected chi connectivity index (χ1v) is 6.31. The van der Waals surface area contributed by atoms with Gasteiger partial charge in [0.2, 0.25) is 0 Å². The van der Waals surface area contributed by atoms with Crippen molar-refractivity contribution in [1.82, 2.24) is 4.98 Å². The lowest BCUT2D eigenvalue weighted by atomic mass is 10.3. The van der Waals surface area contributed by atoms with Crippen LogP contribution in [0, 0.1) is 0 Å². The molecule has 0 aliphatic heterocycles. The minimum atomic E-state index is -0.131. The average Bonchev–Trinajstić information content (AvgIpc) is 2.75. The second-order valence-corrected chi connectivity index (χ2v) is 4.92. The maximum Gasteiger partial charge on any atom is 0.259 e. The van der Waals surface area contributed by atoms with E-state index in [1.165, 1.54) is 22.7 Å². The maximum atomic E-state index is 11.6. The molecule has 0 saturated carbocycles. The topological polar surface area (TPSA) is 42.0 Å². The van der Waals surface area contributed by atoms with Crippen LogP contribution in [0.25, 0.3) is 0 Å². The number of halogens is 1. The lowest BCUT2D eigenvalue weighted by Gasteiger charge is -1.98. The molecule has 0 saturated heterocycles. The fourth-order valence-corrected chi connectivity index (χ4v) is 2.87. The first kappa shape index (κ1) is 9.82. The third kappa shape index (κ3) is 2.02. The van der Waals surface area contributed by atoms with E-state index in [1.54, 1.807) is 11.6 Å². The predicted molar refractivity (Wildman–Crippen MR) is 62.1 cm³/mol. The van der Waals surface area contributed by atoms with Crippen LogP contribution in [0.3, 0.4) is 0 Å². The lowest BCUT2D eigenvalue weighted by Crippen LogP contribution is -2.10. The maximum absolute atomic E-state index is 11.6. The molecule has 0 aliphatic rings. The summed E-state index contributed by atoms with van der Waals surface area (Å²) < 4.78 is 0.816. The number of hydrogen-bond donors (Lipinski definition) is 1. The van der Waals surface area contributed by atoms with E-state index < -0.39 is 0 Å². The number of amides is 1. The predicted octanol–water partition coefficient (Wildman–Crippen LogP) is 3.22. The van der Waals surface area contributed by atoms with Crippen LogP contribution in [0.15, 0.2) is 26.8 Å². The summed E-state index contributed by atoms with van der Waals surface area (Å²) in [5.74, 6) is -0.131. The van der Waals surface area contributed by atoms with Gasteiger partial charge in [0.1, 0.15) is 0 Å². The summed E-state index contributed by atoms with van der Waals surface area (Å²) in [6.07, 6.45) is 1.66. The van der Waals surface area contributed by atoms with Crippen LogP contribution in [-0.4, -0.2) is 10.9 Å². The van der Waals surface area contributed by atoms with Crippen LogP contribution >= 0.6 is 38.6 Å². The van der Waals surface area contributed by atoms with E-state index in [0.717, 1.165) is 4.47 Å². The molecule has 1 N–H and O–H groups in total. The summed E-state index contributed by atoms with van der Waals surface area (Å²) in [6, 6.07) is 0. The number of hydrogen-bond acceptors (Lipinski definition) is 4. The standard InChI is InChI=1S/C8H5BrN2OS2/c9-6-4-13-3-5(6)7(12)11-8-10-1-2-14-8/h1-4H,(H,10,11,12). The van der Waals surface area contributed by atoms with Gasteiger partial charge in [0.05, 0.1) is 5.56 Å². The molecule has 0 radical (unpaired) electrons. The highest BCUT2D eigenvalue weighted by molar-refractivity contribution is 9.10. The summed E-state index contributed by atoms with van der Waals surface area (Å²) in [4.78, 5) is 15.6. The van der Waals surface area contributed by atoms with Crippen molar-refractivity contribution in [2.45, 2.75) is 0 Å². The SMILES string of the molecule is O=C(Nc1nccs1)c1cscc1Br. The molecule has 2 rings (SSSR count). The van der Waals surface area contributed by atoms with E-state index in [1.807, 2.05) is 10.8 Å². The second-order valence-electron chi connectivity index (χ2n) is 2.42. The van der Waals surface area contributed by atoms with Crippen LogP contribution in [0.1, 0.15) is 10.4 Å². The zero-order valence-electron chi connectivity index (χ0n) is 6.86. The first-order valence-electron chi connectivity index (χ1n) is 3.70. The second kappa shape index (κ2) is 4.20. The molecule has 0 atom stereocenters. The van der Waals surface area contributed by atoms with Gasteiger partial charge < -0.3 is 0 Å². The number of rotatable bonds is 2. The van der Waals surface area contributed by atoms with E-state index in [2.05, 4.69) is 26.2 Å². The fraction of sp³-hybridized carbons (Fsp3) is 0. The van der Waals surface area contributed by atoms with E-state index >= 15 is 0 Å². The molecule has 2 aromatic rings. The molecular formula is C8H5BrN2OS2. The number of anilines is 1. The molecular weight excluding hydrogens is 284 g/mol. The first-order chi connectivity index (χ1) is 6.77. The summed E-state index contributed by atoms with van der Waals surface area (Å²) in [7, 11) is 0. The molecule has 0 fully saturated rings. The lowest BCUT2D eigenvalue weighted by molar-refractivity contribution is 0.102. The van der Waals surface area contributed by atoms with Gasteiger partial charge in [0.15, 0.2) is 5.13 Å². The average molecular weight is 289 g/mol. The van der Waals surface area contributed by atoms with Crippen LogP contribution in [0.5, 0.6) is 0 Å². The van der Waals surface area contributed by atoms with Gasteiger partial charge in [0, 0.05) is 26.8 Å². The Labute approximate surface area is 96.9 Å². The molecule has 14 heavy (non-hydrogen) atoms. The molecule has 0 spiro atoms. The molecule has 72 valence electrons. The molecule has 0 aromatic carbocycles. The summed E-state index contributed by atoms with van der Waals surface area (Å²) in [6.45, 7) is 0. The fourth-order valence-electron chi connectivity index (χ4n) is 0.893. The Kier molecular flexibility index (Phi) is 2.95. The molecule has 0 bridgehead atoms. The van der Waals surface area contributed by atoms with Gasteiger partial charge in [-0.05, 0) is 15.9 Å². The van der Waals surface area contributed by atoms with Gasteiger partial charge in [-0.3, -0.25) is 10.1 Å². The summed E-state index contributed by atoms with van der Waals surface area (Å²) in [5, 5.41) is 8.82. The number of carbonyl (C=O) groups excluding carboxylic acids is 1. The Morgan fingerprint density at radius 3 is 2.93 bits per heavy atom. The van der Waals surface area contributed by atoms with Crippen molar-refractivity contribution >= 4 is 49.6 Å². The Hall–Kier alpha value is -0.720. The van der Waals surface area contributed by atoms with Crippen molar-refractivity contribution in [2.75, 3.05) is 5.32 Å². The van der Waals surface area contributed by atoms with E-state index in [9.17, 15) is 4.79 Å². The molecule has 2 heterocycles. The van der Waals surface area contributed by atoms with Crippen molar-refractivity contribution in [3.05, 3.63) is 32.4 Å². The highest BCUT2D eigenvalue weighted by Crippen LogP contribution is 2.22. The van der Waals surface area contributed by atoms with Gasteiger partial charge in [-0.1, -0.05) is 0 Å². The van der Waals surface area contributed by atoms with Gasteiger partial charge >= 0.3 is 0 Å². The highest BCUT2D eigenvalue weighted by atomic mass is 79.9. The van der Waals surface area contributed by atoms with Crippen molar-refractivity contribution in [3.8, 4) is 0 Å². The minimum Gasteiger partial charge on any atom is -0.298 e. The molecule has 3 nitrogen and oxygen atoms in total. The van der Waals surface area contributed by atoms with Crippen LogP contribution in [0.2, 0.25) is 0 Å². The Balaban J connectivity index is 2.14. The van der Waals surface area contributed by atoms with Crippen molar-refractivity contribution in [3.63, 3.8) is 0 Å². The van der Waals surface area contributed by atoms with Crippen molar-refractivity contribution in [1.29, 1.82) is 0 Å². The monoisotopic (exact) mass is 288 g/mol. The smallest absolute Gasteiger partial charge is 0.259 e. The molecule has 6 heteroatoms. The number of aromatic nitrogens is 1. The molecule has 2 aromatic heterocycles. The quantitative estimate of drug-likeness (QED) is 0.922. The normalized spacial score (nSPS) is 10.1. The Morgan fingerprint density at radius 1 is 1.50 bits per heavy atom. The third-order valence-electron chi connectivity index (χ3n) is 1.51. The zero-order chi connectivity index (χ0) is 9.97. The molecule has 0 aliphatic carbocycles. The minimum absolute atomic E-state index is 0.131. The molecule has 0 unspecified atom stereocenters. The largest absolute Gasteiger partial charge is 0.298 e. The summed E-state index contributed by atoms with van der Waals surface area (Å²) >= 11 is 6.19. The van der Waals surface area contributed by atoms with E-state index in [4.69, 9.17) is 0 Å². The van der Waals surface area contributed by atoms with Gasteiger partial charge in [-0.2, -0.15) is 11.3 Å². The third-order valence-corrected chi connectivity index (χ3v) is 3.90. The summed E-state index contributed by atoms with van der Waals surface area (Å²) in [5.41, 5.74) is 0.644. The number of carbonyl (C=O) groups is 1. The number of nitrogens with one attached hydrogen (secondary N) is 1. The zero-order valence-corrected chi connectivity index (χ0v) is 10.1. The Morgan fingerprint density at radius 2 is 2.36 bits per heavy atom. The van der Waals surface area contributed by atoms with Crippen LogP contribution < -0.4 is 5.32 Å².